The number of nitriles is 1. The smallest absolute Gasteiger partial charge is 0.416 e. The number of fused-ring (bicyclic) bond motifs is 1. The van der Waals surface area contributed by atoms with E-state index in [1.165, 1.54) is 12.1 Å². The molecule has 2 aliphatic heterocycles. The fraction of sp³-hybridized carbons (Fsp3) is 0.333. The van der Waals surface area contributed by atoms with E-state index in [-0.39, 0.29) is 12.3 Å². The Labute approximate surface area is 237 Å². The normalized spacial score (nSPS) is 20.5. The summed E-state index contributed by atoms with van der Waals surface area (Å²) in [5.74, 6) is 1.28. The van der Waals surface area contributed by atoms with Crippen LogP contribution in [-0.4, -0.2) is 64.1 Å². The van der Waals surface area contributed by atoms with Crippen LogP contribution in [0.1, 0.15) is 17.4 Å². The molecule has 2 saturated heterocycles. The van der Waals surface area contributed by atoms with Crippen LogP contribution in [0.4, 0.5) is 24.5 Å². The number of anilines is 2. The van der Waals surface area contributed by atoms with Crippen LogP contribution in [-0.2, 0) is 20.4 Å². The molecule has 11 heteroatoms. The number of hydrogen-bond donors (Lipinski definition) is 2. The lowest BCUT2D eigenvalue weighted by Gasteiger charge is -2.35. The molecule has 2 fully saturated rings. The van der Waals surface area contributed by atoms with Gasteiger partial charge in [0.25, 0.3) is 0 Å². The fourth-order valence-electron chi connectivity index (χ4n) is 4.66. The number of benzene rings is 2. The third-order valence-electron chi connectivity index (χ3n) is 6.97. The Morgan fingerprint density at radius 1 is 1.12 bits per heavy atom. The quantitative estimate of drug-likeness (QED) is 0.489. The molecular weight excluding hydrogens is 535 g/mol. The van der Waals surface area contributed by atoms with Crippen molar-refractivity contribution in [3.8, 4) is 6.07 Å². The third-order valence-corrected chi connectivity index (χ3v) is 6.97. The van der Waals surface area contributed by atoms with Gasteiger partial charge in [-0.3, -0.25) is 10.2 Å². The van der Waals surface area contributed by atoms with Crippen LogP contribution in [0, 0.1) is 11.3 Å². The van der Waals surface area contributed by atoms with Gasteiger partial charge >= 0.3 is 6.18 Å². The maximum atomic E-state index is 12.4. The van der Waals surface area contributed by atoms with Gasteiger partial charge < -0.3 is 24.5 Å². The minimum Gasteiger partial charge on any atom is -0.493 e. The van der Waals surface area contributed by atoms with Crippen molar-refractivity contribution in [2.75, 3.05) is 57.1 Å². The van der Waals surface area contributed by atoms with Crippen molar-refractivity contribution in [2.24, 2.45) is 0 Å². The molecule has 0 bridgehead atoms. The standard InChI is InChI=1S/C17H17N3O2.C13H15F3N2O/c1-19-13-6-4-12(5-7-13)17-20-14-8-3-11(10-18)9-15(21-2)16(14)22-17;14-13(15,16)11-1-3-12(4-2-11)18-7-5-17(6-8-18)9-10-19/h3-9,14,17,19-20H,1-2H3;1-4,10H,5-9H2. The second-order valence-corrected chi connectivity index (χ2v) is 9.52. The predicted molar refractivity (Wildman–Crippen MR) is 150 cm³/mol. The van der Waals surface area contributed by atoms with E-state index in [0.29, 0.717) is 23.6 Å². The largest absolute Gasteiger partial charge is 0.493 e. The highest BCUT2D eigenvalue weighted by molar-refractivity contribution is 5.53. The van der Waals surface area contributed by atoms with Crippen LogP contribution in [0.25, 0.3) is 0 Å². The van der Waals surface area contributed by atoms with Gasteiger partial charge in [0.1, 0.15) is 6.29 Å². The van der Waals surface area contributed by atoms with Gasteiger partial charge in [-0.15, -0.1) is 0 Å². The number of carbonyl (C=O) groups is 1. The van der Waals surface area contributed by atoms with E-state index in [4.69, 9.17) is 14.7 Å². The second kappa shape index (κ2) is 13.4. The van der Waals surface area contributed by atoms with E-state index in [2.05, 4.69) is 16.7 Å². The first kappa shape index (κ1) is 29.7. The highest BCUT2D eigenvalue weighted by atomic mass is 19.4. The highest BCUT2D eigenvalue weighted by Gasteiger charge is 2.33. The van der Waals surface area contributed by atoms with Crippen molar-refractivity contribution in [1.82, 2.24) is 10.2 Å². The van der Waals surface area contributed by atoms with Crippen LogP contribution in [0.2, 0.25) is 0 Å². The molecule has 0 aromatic heterocycles. The summed E-state index contributed by atoms with van der Waals surface area (Å²) in [4.78, 5) is 14.4. The summed E-state index contributed by atoms with van der Waals surface area (Å²) in [6, 6.07) is 15.3. The Balaban J connectivity index is 0.000000191. The SMILES string of the molecule is CNc1ccc(C2NC3C=CC(C#N)=CC(OC)=C3O2)cc1.O=CCN1CCN(c2ccc(C(F)(F)F)cc2)CC1. The monoisotopic (exact) mass is 567 g/mol. The van der Waals surface area contributed by atoms with Crippen molar-refractivity contribution >= 4 is 17.7 Å². The number of halogens is 3. The number of hydrogen-bond acceptors (Lipinski definition) is 8. The third kappa shape index (κ3) is 7.48. The number of rotatable bonds is 6. The van der Waals surface area contributed by atoms with E-state index in [1.807, 2.05) is 47.2 Å². The minimum atomic E-state index is -4.29. The zero-order valence-electron chi connectivity index (χ0n) is 22.8. The van der Waals surface area contributed by atoms with Crippen molar-refractivity contribution in [2.45, 2.75) is 18.4 Å². The molecule has 5 rings (SSSR count). The van der Waals surface area contributed by atoms with Gasteiger partial charge in [-0.2, -0.15) is 18.4 Å². The van der Waals surface area contributed by atoms with Crippen LogP contribution < -0.4 is 15.5 Å². The Kier molecular flexibility index (Phi) is 9.70. The number of alkyl halides is 3. The number of ether oxygens (including phenoxy) is 2. The average Bonchev–Trinajstić information content (AvgIpc) is 3.34. The lowest BCUT2D eigenvalue weighted by Crippen LogP contribution is -2.46. The molecule has 2 aromatic carbocycles. The minimum absolute atomic E-state index is 0.106. The van der Waals surface area contributed by atoms with Gasteiger partial charge in [0.15, 0.2) is 17.7 Å². The Hall–Kier alpha value is -4.27. The molecule has 1 aliphatic carbocycles. The van der Waals surface area contributed by atoms with E-state index < -0.39 is 11.7 Å². The van der Waals surface area contributed by atoms with E-state index >= 15 is 0 Å². The average molecular weight is 568 g/mol. The number of piperazine rings is 1. The molecule has 2 aromatic rings. The van der Waals surface area contributed by atoms with Crippen LogP contribution in [0.3, 0.4) is 0 Å². The molecule has 2 heterocycles. The van der Waals surface area contributed by atoms with E-state index in [0.717, 1.165) is 61.5 Å². The molecule has 2 atom stereocenters. The molecule has 216 valence electrons. The molecule has 0 radical (unpaired) electrons. The molecule has 8 nitrogen and oxygen atoms in total. The van der Waals surface area contributed by atoms with Gasteiger partial charge in [0.2, 0.25) is 0 Å². The number of carbonyl (C=O) groups excluding carboxylic acids is 1. The topological polar surface area (TPSA) is 89.9 Å². The van der Waals surface area contributed by atoms with Gasteiger partial charge in [-0.1, -0.05) is 18.2 Å². The maximum Gasteiger partial charge on any atom is 0.416 e. The fourth-order valence-corrected chi connectivity index (χ4v) is 4.66. The van der Waals surface area contributed by atoms with Gasteiger partial charge in [-0.05, 0) is 42.5 Å². The second-order valence-electron chi connectivity index (χ2n) is 9.52. The molecule has 0 saturated carbocycles. The first-order chi connectivity index (χ1) is 19.7. The van der Waals surface area contributed by atoms with Crippen molar-refractivity contribution in [1.29, 1.82) is 5.26 Å². The number of allylic oxidation sites excluding steroid dienone is 3. The van der Waals surface area contributed by atoms with E-state index in [9.17, 15) is 18.0 Å². The van der Waals surface area contributed by atoms with Crippen molar-refractivity contribution in [3.63, 3.8) is 0 Å². The lowest BCUT2D eigenvalue weighted by molar-refractivity contribution is -0.137. The van der Waals surface area contributed by atoms with Crippen molar-refractivity contribution < 1.29 is 27.4 Å². The summed E-state index contributed by atoms with van der Waals surface area (Å²) in [7, 11) is 3.46. The zero-order valence-corrected chi connectivity index (χ0v) is 22.8. The molecule has 3 aliphatic rings. The lowest BCUT2D eigenvalue weighted by atomic mass is 10.1. The maximum absolute atomic E-state index is 12.4. The Bertz CT molecular complexity index is 1320. The number of methoxy groups -OCH3 is 1. The van der Waals surface area contributed by atoms with Crippen LogP contribution >= 0.6 is 0 Å². The first-order valence-electron chi connectivity index (χ1n) is 13.1. The zero-order chi connectivity index (χ0) is 29.4. The predicted octanol–water partition coefficient (Wildman–Crippen LogP) is 4.62. The van der Waals surface area contributed by atoms with Gasteiger partial charge in [0, 0.05) is 56.2 Å². The van der Waals surface area contributed by atoms with Crippen LogP contribution in [0.5, 0.6) is 0 Å². The van der Waals surface area contributed by atoms with Crippen molar-refractivity contribution in [3.05, 3.63) is 95.0 Å². The molecule has 2 N–H and O–H groups in total. The molecular formula is C30H32F3N5O3. The first-order valence-corrected chi connectivity index (χ1v) is 13.1. The van der Waals surface area contributed by atoms with Crippen LogP contribution in [0.15, 0.2) is 83.9 Å². The summed E-state index contributed by atoms with van der Waals surface area (Å²) in [5.41, 5.74) is 2.79. The van der Waals surface area contributed by atoms with E-state index in [1.54, 1.807) is 19.3 Å². The highest BCUT2D eigenvalue weighted by Crippen LogP contribution is 2.33. The van der Waals surface area contributed by atoms with Gasteiger partial charge in [0.05, 0.1) is 36.9 Å². The summed E-state index contributed by atoms with van der Waals surface area (Å²) in [6.45, 7) is 3.36. The summed E-state index contributed by atoms with van der Waals surface area (Å²) < 4.78 is 48.7. The number of nitrogens with zero attached hydrogens (tertiary/aromatic N) is 3. The molecule has 0 amide bonds. The molecule has 0 spiro atoms. The number of nitrogens with one attached hydrogen (secondary N) is 2. The summed E-state index contributed by atoms with van der Waals surface area (Å²) in [5, 5.41) is 15.5. The molecule has 41 heavy (non-hydrogen) atoms. The summed E-state index contributed by atoms with van der Waals surface area (Å²) in [6.07, 6.45) is 1.73. The molecule has 2 unspecified atom stereocenters. The Morgan fingerprint density at radius 3 is 2.37 bits per heavy atom. The summed E-state index contributed by atoms with van der Waals surface area (Å²) >= 11 is 0. The number of aldehydes is 1. The Morgan fingerprint density at radius 2 is 1.80 bits per heavy atom. The van der Waals surface area contributed by atoms with Gasteiger partial charge in [-0.25, -0.2) is 0 Å².